The van der Waals surface area contributed by atoms with Gasteiger partial charge in [-0.15, -0.1) is 0 Å². The second-order valence-electron chi connectivity index (χ2n) is 6.85. The average Bonchev–Trinajstić information content (AvgIpc) is 2.41. The summed E-state index contributed by atoms with van der Waals surface area (Å²) in [5.41, 5.74) is 1.20. The summed E-state index contributed by atoms with van der Waals surface area (Å²) < 4.78 is 6.28. The van der Waals surface area contributed by atoms with E-state index in [9.17, 15) is 0 Å². The van der Waals surface area contributed by atoms with Gasteiger partial charge >= 0.3 is 0 Å². The molecule has 0 spiro atoms. The van der Waals surface area contributed by atoms with E-state index in [0.29, 0.717) is 0 Å². The lowest BCUT2D eigenvalue weighted by atomic mass is 10.1. The fourth-order valence-corrected chi connectivity index (χ4v) is 2.76. The molecular weight excluding hydrogens is 276 g/mol. The lowest BCUT2D eigenvalue weighted by molar-refractivity contribution is 0.492. The zero-order chi connectivity index (χ0) is 15.5. The van der Waals surface area contributed by atoms with Gasteiger partial charge in [0.15, 0.2) is 0 Å². The molecule has 4 heteroatoms. The molecule has 0 aliphatic heterocycles. The quantitative estimate of drug-likeness (QED) is 0.782. The van der Waals surface area contributed by atoms with E-state index in [4.69, 9.17) is 4.43 Å². The molecule has 0 saturated carbocycles. The Labute approximate surface area is 128 Å². The van der Waals surface area contributed by atoms with Crippen molar-refractivity contribution in [2.45, 2.75) is 45.3 Å². The molecule has 0 atom stereocenters. The van der Waals surface area contributed by atoms with Crippen molar-refractivity contribution < 1.29 is 4.43 Å². The number of aromatic nitrogens is 2. The third-order valence-corrected chi connectivity index (χ3v) is 8.44. The Bertz CT molecular complexity index is 574. The lowest BCUT2D eigenvalue weighted by Crippen LogP contribution is -2.43. The van der Waals surface area contributed by atoms with Gasteiger partial charge in [-0.1, -0.05) is 32.9 Å². The van der Waals surface area contributed by atoms with Crippen LogP contribution in [0.4, 0.5) is 0 Å². The number of hydrogen-bond donors (Lipinski definition) is 0. The topological polar surface area (TPSA) is 35.0 Å². The standard InChI is InChI=1S/C17H24N2OSi/c1-17(2,3)21(4,5)20-15-9-7-14(8-10-15)13-16-18-11-6-12-19-16/h6-12H,13H2,1-5H3. The molecule has 0 N–H and O–H groups in total. The molecule has 0 aliphatic carbocycles. The smallest absolute Gasteiger partial charge is 0.250 e. The highest BCUT2D eigenvalue weighted by Gasteiger charge is 2.38. The summed E-state index contributed by atoms with van der Waals surface area (Å²) in [6, 6.07) is 10.1. The van der Waals surface area contributed by atoms with Gasteiger partial charge in [0.2, 0.25) is 8.32 Å². The van der Waals surface area contributed by atoms with Crippen LogP contribution in [0, 0.1) is 0 Å². The van der Waals surface area contributed by atoms with Crippen molar-refractivity contribution in [3.05, 3.63) is 54.1 Å². The Morgan fingerprint density at radius 2 is 1.57 bits per heavy atom. The SMILES string of the molecule is CC(C)(C)[Si](C)(C)Oc1ccc(Cc2ncccn2)cc1. The average molecular weight is 300 g/mol. The van der Waals surface area contributed by atoms with Gasteiger partial charge in [-0.05, 0) is 41.9 Å². The molecular formula is C17H24N2OSi. The molecule has 0 radical (unpaired) electrons. The van der Waals surface area contributed by atoms with Crippen molar-refractivity contribution in [3.8, 4) is 5.75 Å². The van der Waals surface area contributed by atoms with Crippen LogP contribution < -0.4 is 4.43 Å². The fourth-order valence-electron chi connectivity index (χ4n) is 1.73. The van der Waals surface area contributed by atoms with Gasteiger partial charge in [0.1, 0.15) is 11.6 Å². The molecule has 0 bridgehead atoms. The number of rotatable bonds is 4. The van der Waals surface area contributed by atoms with Crippen molar-refractivity contribution in [1.29, 1.82) is 0 Å². The van der Waals surface area contributed by atoms with Gasteiger partial charge in [-0.3, -0.25) is 0 Å². The summed E-state index contributed by atoms with van der Waals surface area (Å²) in [6.07, 6.45) is 4.30. The maximum atomic E-state index is 6.28. The summed E-state index contributed by atoms with van der Waals surface area (Å²) in [5, 5.41) is 0.212. The minimum atomic E-state index is -1.76. The predicted molar refractivity (Wildman–Crippen MR) is 89.1 cm³/mol. The first-order chi connectivity index (χ1) is 9.78. The van der Waals surface area contributed by atoms with Crippen LogP contribution in [0.15, 0.2) is 42.7 Å². The van der Waals surface area contributed by atoms with Gasteiger partial charge in [-0.2, -0.15) is 0 Å². The second-order valence-corrected chi connectivity index (χ2v) is 11.6. The monoisotopic (exact) mass is 300 g/mol. The molecule has 2 rings (SSSR count). The van der Waals surface area contributed by atoms with Crippen LogP contribution in [0.5, 0.6) is 5.75 Å². The molecule has 0 saturated heterocycles. The highest BCUT2D eigenvalue weighted by atomic mass is 28.4. The molecule has 0 fully saturated rings. The molecule has 3 nitrogen and oxygen atoms in total. The molecule has 21 heavy (non-hydrogen) atoms. The normalized spacial score (nSPS) is 12.2. The third-order valence-electron chi connectivity index (χ3n) is 4.08. The Kier molecular flexibility index (Phi) is 4.47. The predicted octanol–water partition coefficient (Wildman–Crippen LogP) is 4.45. The van der Waals surface area contributed by atoms with E-state index in [1.165, 1.54) is 5.56 Å². The zero-order valence-electron chi connectivity index (χ0n) is 13.6. The maximum Gasteiger partial charge on any atom is 0.250 e. The van der Waals surface area contributed by atoms with Crippen LogP contribution in [0.3, 0.4) is 0 Å². The van der Waals surface area contributed by atoms with E-state index >= 15 is 0 Å². The molecule has 1 aromatic carbocycles. The fraction of sp³-hybridized carbons (Fsp3) is 0.412. The van der Waals surface area contributed by atoms with E-state index in [1.807, 2.05) is 6.07 Å². The summed E-state index contributed by atoms with van der Waals surface area (Å²) in [7, 11) is -1.76. The first-order valence-electron chi connectivity index (χ1n) is 7.32. The molecule has 1 aromatic heterocycles. The first kappa shape index (κ1) is 15.7. The van der Waals surface area contributed by atoms with Crippen molar-refractivity contribution in [1.82, 2.24) is 9.97 Å². The highest BCUT2D eigenvalue weighted by molar-refractivity contribution is 6.74. The van der Waals surface area contributed by atoms with Crippen molar-refractivity contribution in [2.24, 2.45) is 0 Å². The lowest BCUT2D eigenvalue weighted by Gasteiger charge is -2.36. The summed E-state index contributed by atoms with van der Waals surface area (Å²) in [6.45, 7) is 11.3. The van der Waals surface area contributed by atoms with Crippen LogP contribution in [0.2, 0.25) is 18.1 Å². The molecule has 112 valence electrons. The molecule has 1 heterocycles. The van der Waals surface area contributed by atoms with E-state index in [2.05, 4.69) is 68.1 Å². The number of benzene rings is 1. The van der Waals surface area contributed by atoms with Crippen molar-refractivity contribution >= 4 is 8.32 Å². The van der Waals surface area contributed by atoms with Crippen LogP contribution in [-0.4, -0.2) is 18.3 Å². The highest BCUT2D eigenvalue weighted by Crippen LogP contribution is 2.37. The van der Waals surface area contributed by atoms with E-state index < -0.39 is 8.32 Å². The van der Waals surface area contributed by atoms with Crippen molar-refractivity contribution in [3.63, 3.8) is 0 Å². The third kappa shape index (κ3) is 4.14. The number of hydrogen-bond acceptors (Lipinski definition) is 3. The zero-order valence-corrected chi connectivity index (χ0v) is 14.6. The van der Waals surface area contributed by atoms with E-state index in [-0.39, 0.29) is 5.04 Å². The minimum absolute atomic E-state index is 0.212. The molecule has 0 amide bonds. The largest absolute Gasteiger partial charge is 0.544 e. The Hall–Kier alpha value is -1.68. The molecule has 2 aromatic rings. The van der Waals surface area contributed by atoms with E-state index in [0.717, 1.165) is 18.0 Å². The summed E-state index contributed by atoms with van der Waals surface area (Å²) in [4.78, 5) is 8.51. The van der Waals surface area contributed by atoms with Gasteiger partial charge in [0, 0.05) is 18.8 Å². The summed E-state index contributed by atoms with van der Waals surface area (Å²) in [5.74, 6) is 1.80. The van der Waals surface area contributed by atoms with Crippen LogP contribution in [-0.2, 0) is 6.42 Å². The molecule has 0 aliphatic rings. The van der Waals surface area contributed by atoms with Crippen LogP contribution in [0.25, 0.3) is 0 Å². The van der Waals surface area contributed by atoms with Crippen molar-refractivity contribution in [2.75, 3.05) is 0 Å². The van der Waals surface area contributed by atoms with E-state index in [1.54, 1.807) is 12.4 Å². The maximum absolute atomic E-state index is 6.28. The Morgan fingerprint density at radius 1 is 1.00 bits per heavy atom. The first-order valence-corrected chi connectivity index (χ1v) is 10.2. The Balaban J connectivity index is 2.06. The second kappa shape index (κ2) is 5.98. The van der Waals surface area contributed by atoms with Crippen LogP contribution >= 0.6 is 0 Å². The summed E-state index contributed by atoms with van der Waals surface area (Å²) >= 11 is 0. The Morgan fingerprint density at radius 3 is 2.10 bits per heavy atom. The van der Waals surface area contributed by atoms with Gasteiger partial charge < -0.3 is 4.43 Å². The number of nitrogens with zero attached hydrogens (tertiary/aromatic N) is 2. The van der Waals surface area contributed by atoms with Gasteiger partial charge in [-0.25, -0.2) is 9.97 Å². The van der Waals surface area contributed by atoms with Gasteiger partial charge in [0.25, 0.3) is 0 Å². The minimum Gasteiger partial charge on any atom is -0.544 e. The van der Waals surface area contributed by atoms with Crippen LogP contribution in [0.1, 0.15) is 32.2 Å². The molecule has 0 unspecified atom stereocenters. The van der Waals surface area contributed by atoms with Gasteiger partial charge in [0.05, 0.1) is 0 Å².